The number of aromatic amines is 1. The average molecular weight is 570 g/mol. The van der Waals surface area contributed by atoms with Gasteiger partial charge < -0.3 is 18.9 Å². The molecule has 2 unspecified atom stereocenters. The highest BCUT2D eigenvalue weighted by atomic mass is 16.7. The van der Waals surface area contributed by atoms with Crippen LogP contribution in [0.25, 0.3) is 11.2 Å². The third-order valence-corrected chi connectivity index (χ3v) is 5.71. The van der Waals surface area contributed by atoms with Gasteiger partial charge in [0.2, 0.25) is 11.9 Å². The summed E-state index contributed by atoms with van der Waals surface area (Å²) in [5.41, 5.74) is 0.418. The summed E-state index contributed by atoms with van der Waals surface area (Å²) in [6, 6.07) is 7.07. The number of nitrogens with zero attached hydrogens (tertiary/aromatic N) is 5. The van der Waals surface area contributed by atoms with E-state index in [0.29, 0.717) is 5.69 Å². The summed E-state index contributed by atoms with van der Waals surface area (Å²) in [5, 5.41) is 10.8. The lowest BCUT2D eigenvalue weighted by atomic mass is 10.1. The molecule has 1 amide bonds. The number of carbonyl (C=O) groups excluding carboxylic acids is 4. The largest absolute Gasteiger partial charge is 0.463 e. The van der Waals surface area contributed by atoms with E-state index in [-0.39, 0.29) is 29.7 Å². The Morgan fingerprint density at radius 3 is 2.24 bits per heavy atom. The smallest absolute Gasteiger partial charge is 0.303 e. The van der Waals surface area contributed by atoms with Gasteiger partial charge >= 0.3 is 17.9 Å². The quantitative estimate of drug-likeness (QED) is 0.228. The van der Waals surface area contributed by atoms with E-state index in [1.54, 1.807) is 12.1 Å². The predicted molar refractivity (Wildman–Crippen MR) is 139 cm³/mol. The van der Waals surface area contributed by atoms with Gasteiger partial charge in [-0.2, -0.15) is 4.98 Å². The molecule has 216 valence electrons. The molecule has 16 nitrogen and oxygen atoms in total. The van der Waals surface area contributed by atoms with Crippen molar-refractivity contribution in [2.75, 3.05) is 11.9 Å². The Bertz CT molecular complexity index is 1580. The number of rotatable bonds is 8. The lowest BCUT2D eigenvalue weighted by Crippen LogP contribution is -2.40. The molecular formula is C25H27N7O9. The van der Waals surface area contributed by atoms with Crippen LogP contribution in [0.2, 0.25) is 0 Å². The number of amides is 1. The maximum absolute atomic E-state index is 12.9. The molecule has 1 fully saturated rings. The van der Waals surface area contributed by atoms with Crippen molar-refractivity contribution in [1.29, 1.82) is 0 Å². The highest BCUT2D eigenvalue weighted by Gasteiger charge is 2.52. The number of aryl methyl sites for hydroxylation is 1. The van der Waals surface area contributed by atoms with Crippen LogP contribution in [0.1, 0.15) is 39.5 Å². The Morgan fingerprint density at radius 2 is 1.63 bits per heavy atom. The fourth-order valence-corrected chi connectivity index (χ4v) is 4.12. The van der Waals surface area contributed by atoms with Gasteiger partial charge in [0.05, 0.1) is 5.69 Å². The number of ether oxygens (including phenoxy) is 4. The molecule has 1 aliphatic rings. The first-order valence-electron chi connectivity index (χ1n) is 12.3. The summed E-state index contributed by atoms with van der Waals surface area (Å²) < 4.78 is 23.4. The molecule has 0 radical (unpaired) electrons. The second-order valence-electron chi connectivity index (χ2n) is 9.10. The molecule has 16 heteroatoms. The highest BCUT2D eigenvalue weighted by molar-refractivity contribution is 5.87. The van der Waals surface area contributed by atoms with E-state index in [1.807, 2.05) is 19.1 Å². The number of H-pyrrole nitrogens is 1. The van der Waals surface area contributed by atoms with Crippen molar-refractivity contribution in [1.82, 2.24) is 19.5 Å². The molecule has 0 spiro atoms. The van der Waals surface area contributed by atoms with Crippen LogP contribution < -0.4 is 10.9 Å². The third kappa shape index (κ3) is 6.78. The van der Waals surface area contributed by atoms with E-state index in [4.69, 9.17) is 18.9 Å². The zero-order chi connectivity index (χ0) is 29.8. The summed E-state index contributed by atoms with van der Waals surface area (Å²) in [5.74, 6) is -2.99. The first-order chi connectivity index (χ1) is 19.4. The van der Waals surface area contributed by atoms with Crippen LogP contribution in [0.15, 0.2) is 39.3 Å². The minimum absolute atomic E-state index is 0.118. The van der Waals surface area contributed by atoms with Gasteiger partial charge in [-0.15, -0.1) is 10.2 Å². The van der Waals surface area contributed by atoms with Crippen molar-refractivity contribution < 1.29 is 38.1 Å². The number of hydrogen-bond donors (Lipinski definition) is 2. The molecule has 3 aromatic rings. The Hall–Kier alpha value is -4.99. The van der Waals surface area contributed by atoms with Crippen LogP contribution in [-0.2, 0) is 38.1 Å². The minimum Gasteiger partial charge on any atom is -0.463 e. The number of benzene rings is 1. The Labute approximate surface area is 232 Å². The molecule has 4 rings (SSSR count). The first-order valence-corrected chi connectivity index (χ1v) is 12.3. The number of aromatic nitrogens is 4. The standard InChI is InChI=1S/C25H27N7O9/c1-11-6-8-16(9-7-11)30-31-25-27-18-21(28-24(26-12(2)33)29-22(18)37)32(25)23-20(40-15(5)36)19(39-14(4)35)17(41-23)10-38-13(3)34/h6-9,17,19-20,23H,10H2,1-5H3,(H2,26,28,29,33,37)/t17-,19?,20?,23-/m1/s1. The van der Waals surface area contributed by atoms with E-state index < -0.39 is 53.9 Å². The maximum atomic E-state index is 12.9. The molecule has 41 heavy (non-hydrogen) atoms. The SMILES string of the molecule is CC(=O)Nc1nc2c(nc(N=Nc3ccc(C)cc3)n2[C@@H]2O[C@H](COC(C)=O)C(OC(C)=O)C2OC(C)=O)c(=O)[nH]1. The number of nitrogens with one attached hydrogen (secondary N) is 2. The van der Waals surface area contributed by atoms with Crippen LogP contribution in [0.3, 0.4) is 0 Å². The second kappa shape index (κ2) is 12.0. The van der Waals surface area contributed by atoms with Gasteiger partial charge in [0, 0.05) is 27.7 Å². The molecule has 3 heterocycles. The summed E-state index contributed by atoms with van der Waals surface area (Å²) in [7, 11) is 0. The number of hydrogen-bond acceptors (Lipinski definition) is 13. The fourth-order valence-electron chi connectivity index (χ4n) is 4.12. The molecule has 1 aliphatic heterocycles. The van der Waals surface area contributed by atoms with E-state index in [1.165, 1.54) is 18.4 Å². The molecule has 0 bridgehead atoms. The summed E-state index contributed by atoms with van der Waals surface area (Å²) in [6.45, 7) is 6.24. The molecule has 1 saturated heterocycles. The van der Waals surface area contributed by atoms with Crippen molar-refractivity contribution >= 4 is 52.6 Å². The van der Waals surface area contributed by atoms with E-state index in [9.17, 15) is 24.0 Å². The normalized spacial score (nSPS) is 20.2. The van der Waals surface area contributed by atoms with Crippen LogP contribution in [0.5, 0.6) is 0 Å². The lowest BCUT2D eigenvalue weighted by molar-refractivity contribution is -0.166. The minimum atomic E-state index is -1.35. The summed E-state index contributed by atoms with van der Waals surface area (Å²) in [6.07, 6.45) is -5.02. The van der Waals surface area contributed by atoms with Crippen LogP contribution in [0, 0.1) is 6.92 Å². The van der Waals surface area contributed by atoms with Crippen LogP contribution in [0.4, 0.5) is 17.6 Å². The van der Waals surface area contributed by atoms with Crippen molar-refractivity contribution in [2.24, 2.45) is 10.2 Å². The number of imidazole rings is 1. The first kappa shape index (κ1) is 29.0. The molecule has 2 N–H and O–H groups in total. The Balaban J connectivity index is 1.91. The van der Waals surface area contributed by atoms with E-state index in [2.05, 4.69) is 30.5 Å². The number of carbonyl (C=O) groups is 4. The van der Waals surface area contributed by atoms with Crippen molar-refractivity contribution in [2.45, 2.75) is 59.2 Å². The lowest BCUT2D eigenvalue weighted by Gasteiger charge is -2.24. The van der Waals surface area contributed by atoms with Crippen molar-refractivity contribution in [3.63, 3.8) is 0 Å². The Kier molecular flexibility index (Phi) is 8.51. The van der Waals surface area contributed by atoms with Gasteiger partial charge in [0.25, 0.3) is 11.5 Å². The van der Waals surface area contributed by atoms with E-state index >= 15 is 0 Å². The molecular weight excluding hydrogens is 542 g/mol. The van der Waals surface area contributed by atoms with Gasteiger partial charge in [-0.05, 0) is 19.1 Å². The molecule has 0 saturated carbocycles. The van der Waals surface area contributed by atoms with Gasteiger partial charge in [-0.25, -0.2) is 4.98 Å². The van der Waals surface area contributed by atoms with Crippen LogP contribution >= 0.6 is 0 Å². The van der Waals surface area contributed by atoms with Gasteiger partial charge in [-0.3, -0.25) is 38.8 Å². The monoisotopic (exact) mass is 569 g/mol. The number of anilines is 1. The zero-order valence-corrected chi connectivity index (χ0v) is 22.7. The topological polar surface area (TPSA) is 206 Å². The van der Waals surface area contributed by atoms with Gasteiger partial charge in [0.15, 0.2) is 29.6 Å². The molecule has 4 atom stereocenters. The zero-order valence-electron chi connectivity index (χ0n) is 22.7. The number of azo groups is 1. The second-order valence-corrected chi connectivity index (χ2v) is 9.10. The number of fused-ring (bicyclic) bond motifs is 1. The van der Waals surface area contributed by atoms with Gasteiger partial charge in [0.1, 0.15) is 12.7 Å². The third-order valence-electron chi connectivity index (χ3n) is 5.71. The highest BCUT2D eigenvalue weighted by Crippen LogP contribution is 2.39. The summed E-state index contributed by atoms with van der Waals surface area (Å²) >= 11 is 0. The van der Waals surface area contributed by atoms with Gasteiger partial charge in [-0.1, -0.05) is 17.7 Å². The fraction of sp³-hybridized carbons (Fsp3) is 0.400. The molecule has 1 aromatic carbocycles. The Morgan fingerprint density at radius 1 is 0.976 bits per heavy atom. The average Bonchev–Trinajstić information content (AvgIpc) is 3.39. The molecule has 2 aromatic heterocycles. The number of esters is 3. The summed E-state index contributed by atoms with van der Waals surface area (Å²) in [4.78, 5) is 71.3. The maximum Gasteiger partial charge on any atom is 0.303 e. The predicted octanol–water partition coefficient (Wildman–Crippen LogP) is 2.13. The van der Waals surface area contributed by atoms with E-state index in [0.717, 1.165) is 19.4 Å². The van der Waals surface area contributed by atoms with Crippen molar-refractivity contribution in [3.05, 3.63) is 40.2 Å². The van der Waals surface area contributed by atoms with Crippen molar-refractivity contribution in [3.8, 4) is 0 Å². The van der Waals surface area contributed by atoms with Crippen LogP contribution in [-0.4, -0.2) is 68.3 Å². The molecule has 0 aliphatic carbocycles.